The molecule has 0 saturated carbocycles. The van der Waals surface area contributed by atoms with Crippen molar-refractivity contribution in [3.63, 3.8) is 0 Å². The van der Waals surface area contributed by atoms with Crippen LogP contribution in [0.25, 0.3) is 0 Å². The van der Waals surface area contributed by atoms with E-state index in [9.17, 15) is 9.59 Å². The Kier molecular flexibility index (Phi) is 8.11. The van der Waals surface area contributed by atoms with Crippen LogP contribution >= 0.6 is 0 Å². The minimum atomic E-state index is -0.246. The number of nitrogens with zero attached hydrogens (tertiary/aromatic N) is 1. The summed E-state index contributed by atoms with van der Waals surface area (Å²) in [5.74, 6) is -0.138. The smallest absolute Gasteiger partial charge is 0.319 e. The fourth-order valence-electron chi connectivity index (χ4n) is 2.00. The van der Waals surface area contributed by atoms with Crippen LogP contribution in [-0.2, 0) is 4.79 Å². The fraction of sp³-hybridized carbons (Fsp3) is 0.529. The van der Waals surface area contributed by atoms with Crippen molar-refractivity contribution in [2.75, 3.05) is 36.8 Å². The second kappa shape index (κ2) is 9.84. The van der Waals surface area contributed by atoms with E-state index in [0.29, 0.717) is 17.9 Å². The molecule has 6 nitrogen and oxygen atoms in total. The highest BCUT2D eigenvalue weighted by Gasteiger charge is 2.08. The highest BCUT2D eigenvalue weighted by atomic mass is 16.2. The summed E-state index contributed by atoms with van der Waals surface area (Å²) >= 11 is 0. The van der Waals surface area contributed by atoms with Crippen LogP contribution in [-0.4, -0.2) is 43.0 Å². The van der Waals surface area contributed by atoms with E-state index in [1.165, 1.54) is 0 Å². The summed E-state index contributed by atoms with van der Waals surface area (Å²) in [6.45, 7) is 11.2. The van der Waals surface area contributed by atoms with Gasteiger partial charge in [-0.1, -0.05) is 33.8 Å². The Balaban J connectivity index is 2.47. The van der Waals surface area contributed by atoms with Crippen LogP contribution in [0.15, 0.2) is 24.3 Å². The molecule has 0 aliphatic rings. The van der Waals surface area contributed by atoms with Gasteiger partial charge in [-0.05, 0) is 31.3 Å². The van der Waals surface area contributed by atoms with Gasteiger partial charge in [0.25, 0.3) is 0 Å². The van der Waals surface area contributed by atoms with Crippen LogP contribution in [0.5, 0.6) is 0 Å². The molecule has 0 unspecified atom stereocenters. The summed E-state index contributed by atoms with van der Waals surface area (Å²) in [5, 5.41) is 8.42. The van der Waals surface area contributed by atoms with Crippen molar-refractivity contribution < 1.29 is 9.59 Å². The van der Waals surface area contributed by atoms with E-state index in [0.717, 1.165) is 19.6 Å². The zero-order chi connectivity index (χ0) is 17.2. The monoisotopic (exact) mass is 320 g/mol. The zero-order valence-corrected chi connectivity index (χ0v) is 14.5. The molecule has 0 atom stereocenters. The number of likely N-dealkylation sites (N-methyl/N-ethyl adjacent to an activating group) is 1. The highest BCUT2D eigenvalue weighted by molar-refractivity contribution is 5.94. The Hall–Kier alpha value is -2.08. The third kappa shape index (κ3) is 7.15. The number of rotatable bonds is 8. The summed E-state index contributed by atoms with van der Waals surface area (Å²) in [6.07, 6.45) is 0. The quantitative estimate of drug-likeness (QED) is 0.689. The van der Waals surface area contributed by atoms with Crippen LogP contribution in [0.1, 0.15) is 27.7 Å². The maximum atomic E-state index is 11.9. The second-order valence-electron chi connectivity index (χ2n) is 5.63. The Labute approximate surface area is 138 Å². The third-order valence-corrected chi connectivity index (χ3v) is 3.52. The number of hydrogen-bond acceptors (Lipinski definition) is 3. The van der Waals surface area contributed by atoms with E-state index in [1.807, 2.05) is 13.8 Å². The normalized spacial score (nSPS) is 10.7. The topological polar surface area (TPSA) is 73.5 Å². The van der Waals surface area contributed by atoms with E-state index < -0.39 is 0 Å². The Morgan fingerprint density at radius 1 is 1.09 bits per heavy atom. The largest absolute Gasteiger partial charge is 0.337 e. The predicted molar refractivity (Wildman–Crippen MR) is 94.7 cm³/mol. The van der Waals surface area contributed by atoms with Gasteiger partial charge in [-0.15, -0.1) is 0 Å². The van der Waals surface area contributed by atoms with Gasteiger partial charge in [0.2, 0.25) is 5.91 Å². The number of carbonyl (C=O) groups excluding carboxylic acids is 2. The van der Waals surface area contributed by atoms with Crippen LogP contribution in [0.3, 0.4) is 0 Å². The van der Waals surface area contributed by atoms with Gasteiger partial charge >= 0.3 is 6.03 Å². The van der Waals surface area contributed by atoms with Gasteiger partial charge in [-0.25, -0.2) is 4.79 Å². The van der Waals surface area contributed by atoms with Crippen LogP contribution < -0.4 is 16.0 Å². The summed E-state index contributed by atoms with van der Waals surface area (Å²) < 4.78 is 0. The summed E-state index contributed by atoms with van der Waals surface area (Å²) in [7, 11) is 0. The Bertz CT molecular complexity index is 513. The molecule has 0 saturated heterocycles. The molecule has 1 rings (SSSR count). The summed E-state index contributed by atoms with van der Waals surface area (Å²) in [6, 6.07) is 6.87. The molecule has 0 heterocycles. The van der Waals surface area contributed by atoms with Crippen LogP contribution in [0.4, 0.5) is 16.2 Å². The van der Waals surface area contributed by atoms with Crippen molar-refractivity contribution >= 4 is 23.3 Å². The lowest BCUT2D eigenvalue weighted by atomic mass is 10.2. The van der Waals surface area contributed by atoms with Gasteiger partial charge in [-0.2, -0.15) is 0 Å². The first-order valence-corrected chi connectivity index (χ1v) is 8.14. The van der Waals surface area contributed by atoms with Gasteiger partial charge in [0.05, 0.1) is 0 Å². The molecule has 23 heavy (non-hydrogen) atoms. The predicted octanol–water partition coefficient (Wildman–Crippen LogP) is 2.74. The molecule has 128 valence electrons. The van der Waals surface area contributed by atoms with Crippen LogP contribution in [0, 0.1) is 5.92 Å². The van der Waals surface area contributed by atoms with E-state index in [1.54, 1.807) is 24.3 Å². The van der Waals surface area contributed by atoms with Crippen molar-refractivity contribution in [2.24, 2.45) is 5.92 Å². The van der Waals surface area contributed by atoms with E-state index in [2.05, 4.69) is 34.7 Å². The molecule has 0 bridgehead atoms. The molecule has 1 aromatic rings. The van der Waals surface area contributed by atoms with Crippen molar-refractivity contribution in [1.82, 2.24) is 10.2 Å². The molecule has 0 aliphatic carbocycles. The van der Waals surface area contributed by atoms with Gasteiger partial charge in [-0.3, -0.25) is 4.79 Å². The van der Waals surface area contributed by atoms with Gasteiger partial charge in [0.1, 0.15) is 0 Å². The zero-order valence-electron chi connectivity index (χ0n) is 14.5. The molecule has 6 heteroatoms. The maximum absolute atomic E-state index is 11.9. The number of nitrogens with one attached hydrogen (secondary N) is 3. The summed E-state index contributed by atoms with van der Waals surface area (Å²) in [5.41, 5.74) is 1.32. The minimum absolute atomic E-state index is 0.0502. The number of urea groups is 1. The first kappa shape index (κ1) is 19.0. The Morgan fingerprint density at radius 3 is 2.26 bits per heavy atom. The molecule has 0 aromatic heterocycles. The van der Waals surface area contributed by atoms with E-state index in [-0.39, 0.29) is 17.9 Å². The molecule has 3 amide bonds. The number of amides is 3. The van der Waals surface area contributed by atoms with Gasteiger partial charge < -0.3 is 20.9 Å². The molecule has 3 N–H and O–H groups in total. The van der Waals surface area contributed by atoms with Crippen molar-refractivity contribution in [2.45, 2.75) is 27.7 Å². The third-order valence-electron chi connectivity index (χ3n) is 3.52. The van der Waals surface area contributed by atoms with Gasteiger partial charge in [0, 0.05) is 30.4 Å². The molecule has 0 spiro atoms. The van der Waals surface area contributed by atoms with E-state index in [4.69, 9.17) is 0 Å². The lowest BCUT2D eigenvalue weighted by Crippen LogP contribution is -2.36. The Morgan fingerprint density at radius 2 is 1.70 bits per heavy atom. The van der Waals surface area contributed by atoms with E-state index >= 15 is 0 Å². The van der Waals surface area contributed by atoms with Crippen molar-refractivity contribution in [3.8, 4) is 0 Å². The molecule has 0 fully saturated rings. The minimum Gasteiger partial charge on any atom is -0.337 e. The standard InChI is InChI=1S/C17H28N4O2/c1-5-21(6-2)11-10-18-17(23)20-15-9-7-8-14(12-15)19-16(22)13(3)4/h7-9,12-13H,5-6,10-11H2,1-4H3,(H,19,22)(H2,18,20,23). The molecular weight excluding hydrogens is 292 g/mol. The van der Waals surface area contributed by atoms with Crippen LogP contribution in [0.2, 0.25) is 0 Å². The number of hydrogen-bond donors (Lipinski definition) is 3. The fourth-order valence-corrected chi connectivity index (χ4v) is 2.00. The first-order chi connectivity index (χ1) is 11.0. The molecular formula is C17H28N4O2. The first-order valence-electron chi connectivity index (χ1n) is 8.14. The average molecular weight is 320 g/mol. The molecule has 0 aliphatic heterocycles. The second-order valence-corrected chi connectivity index (χ2v) is 5.63. The number of carbonyl (C=O) groups is 2. The van der Waals surface area contributed by atoms with Crippen molar-refractivity contribution in [3.05, 3.63) is 24.3 Å². The lowest BCUT2D eigenvalue weighted by molar-refractivity contribution is -0.118. The lowest BCUT2D eigenvalue weighted by Gasteiger charge is -2.18. The average Bonchev–Trinajstić information content (AvgIpc) is 2.51. The van der Waals surface area contributed by atoms with Gasteiger partial charge in [0.15, 0.2) is 0 Å². The number of benzene rings is 1. The molecule has 0 radical (unpaired) electrons. The van der Waals surface area contributed by atoms with Crippen molar-refractivity contribution in [1.29, 1.82) is 0 Å². The SMILES string of the molecule is CCN(CC)CCNC(=O)Nc1cccc(NC(=O)C(C)C)c1. The highest BCUT2D eigenvalue weighted by Crippen LogP contribution is 2.15. The molecule has 1 aromatic carbocycles. The maximum Gasteiger partial charge on any atom is 0.319 e. The number of anilines is 2. The summed E-state index contributed by atoms with van der Waals surface area (Å²) in [4.78, 5) is 25.8.